The third kappa shape index (κ3) is 2.75. The molecule has 100 valence electrons. The Morgan fingerprint density at radius 1 is 1.44 bits per heavy atom. The Kier molecular flexibility index (Phi) is 3.78. The minimum atomic E-state index is 0.358. The third-order valence-corrected chi connectivity index (χ3v) is 4.54. The lowest BCUT2D eigenvalue weighted by Crippen LogP contribution is -2.29. The van der Waals surface area contributed by atoms with Crippen LogP contribution in [0.2, 0.25) is 0 Å². The summed E-state index contributed by atoms with van der Waals surface area (Å²) >= 11 is 1.69. The first kappa shape index (κ1) is 13.6. The number of rotatable bonds is 4. The van der Waals surface area contributed by atoms with E-state index in [4.69, 9.17) is 0 Å². The molecule has 1 unspecified atom stereocenters. The summed E-state index contributed by atoms with van der Waals surface area (Å²) in [4.78, 5) is 5.65. The van der Waals surface area contributed by atoms with Crippen LogP contribution in [0.25, 0.3) is 4.96 Å². The van der Waals surface area contributed by atoms with E-state index in [0.29, 0.717) is 11.3 Å². The molecule has 1 atom stereocenters. The minimum Gasteiger partial charge on any atom is -0.311 e. The standard InChI is InChI=1S/C14H23N3S/c1-10(14(3,4)5)8-15-9-12-11(2)16-13-17(12)6-7-18-13/h6-7,10,15H,8-9H2,1-5H3. The van der Waals surface area contributed by atoms with Gasteiger partial charge in [-0.05, 0) is 24.8 Å². The maximum Gasteiger partial charge on any atom is 0.194 e. The summed E-state index contributed by atoms with van der Waals surface area (Å²) in [6.45, 7) is 13.2. The SMILES string of the molecule is Cc1nc2sccn2c1CNCC(C)C(C)(C)C. The van der Waals surface area contributed by atoms with Crippen molar-refractivity contribution in [1.29, 1.82) is 0 Å². The second-order valence-electron chi connectivity index (χ2n) is 6.10. The summed E-state index contributed by atoms with van der Waals surface area (Å²) in [5.41, 5.74) is 2.78. The van der Waals surface area contributed by atoms with E-state index in [1.165, 1.54) is 5.69 Å². The lowest BCUT2D eigenvalue weighted by molar-refractivity contribution is 0.252. The zero-order valence-corrected chi connectivity index (χ0v) is 12.8. The fourth-order valence-corrected chi connectivity index (χ4v) is 2.65. The molecule has 3 nitrogen and oxygen atoms in total. The van der Waals surface area contributed by atoms with Crippen LogP contribution < -0.4 is 5.32 Å². The average molecular weight is 265 g/mol. The molecule has 2 aromatic heterocycles. The Hall–Kier alpha value is -0.870. The Bertz CT molecular complexity index is 519. The van der Waals surface area contributed by atoms with Crippen LogP contribution >= 0.6 is 11.3 Å². The van der Waals surface area contributed by atoms with E-state index in [0.717, 1.165) is 23.7 Å². The van der Waals surface area contributed by atoms with Gasteiger partial charge in [0.2, 0.25) is 0 Å². The number of hydrogen-bond acceptors (Lipinski definition) is 3. The summed E-state index contributed by atoms with van der Waals surface area (Å²) in [6, 6.07) is 0. The molecule has 18 heavy (non-hydrogen) atoms. The summed E-state index contributed by atoms with van der Waals surface area (Å²) < 4.78 is 2.19. The monoisotopic (exact) mass is 265 g/mol. The van der Waals surface area contributed by atoms with Crippen LogP contribution in [0.1, 0.15) is 39.1 Å². The molecule has 0 aromatic carbocycles. The van der Waals surface area contributed by atoms with Crippen molar-refractivity contribution < 1.29 is 0 Å². The number of aryl methyl sites for hydroxylation is 1. The molecule has 0 aliphatic carbocycles. The van der Waals surface area contributed by atoms with E-state index < -0.39 is 0 Å². The highest BCUT2D eigenvalue weighted by molar-refractivity contribution is 7.15. The highest BCUT2D eigenvalue weighted by atomic mass is 32.1. The maximum absolute atomic E-state index is 4.56. The van der Waals surface area contributed by atoms with Crippen LogP contribution in [-0.2, 0) is 6.54 Å². The van der Waals surface area contributed by atoms with Gasteiger partial charge in [-0.15, -0.1) is 11.3 Å². The highest BCUT2D eigenvalue weighted by Gasteiger charge is 2.19. The molecule has 0 amide bonds. The van der Waals surface area contributed by atoms with Gasteiger partial charge in [0.1, 0.15) is 0 Å². The second kappa shape index (κ2) is 5.02. The largest absolute Gasteiger partial charge is 0.311 e. The van der Waals surface area contributed by atoms with E-state index in [9.17, 15) is 0 Å². The normalized spacial score (nSPS) is 14.3. The molecule has 0 aliphatic rings. The number of nitrogens with zero attached hydrogens (tertiary/aromatic N) is 2. The molecule has 0 saturated carbocycles. The molecule has 0 aliphatic heterocycles. The van der Waals surface area contributed by atoms with E-state index in [2.05, 4.69) is 60.9 Å². The van der Waals surface area contributed by atoms with Crippen molar-refractivity contribution in [3.8, 4) is 0 Å². The Morgan fingerprint density at radius 3 is 2.83 bits per heavy atom. The zero-order valence-electron chi connectivity index (χ0n) is 11.9. The number of hydrogen-bond donors (Lipinski definition) is 1. The fourth-order valence-electron chi connectivity index (χ4n) is 1.87. The molecule has 2 heterocycles. The van der Waals surface area contributed by atoms with Crippen molar-refractivity contribution in [3.63, 3.8) is 0 Å². The molecular formula is C14H23N3S. The van der Waals surface area contributed by atoms with Gasteiger partial charge in [0.25, 0.3) is 0 Å². The minimum absolute atomic E-state index is 0.358. The van der Waals surface area contributed by atoms with Gasteiger partial charge in [0.15, 0.2) is 4.96 Å². The Balaban J connectivity index is 1.98. The number of thiazole rings is 1. The van der Waals surface area contributed by atoms with Gasteiger partial charge >= 0.3 is 0 Å². The lowest BCUT2D eigenvalue weighted by atomic mass is 9.82. The Labute approximate surface area is 113 Å². The molecule has 0 radical (unpaired) electrons. The summed E-state index contributed by atoms with van der Waals surface area (Å²) in [6.07, 6.45) is 2.10. The summed E-state index contributed by atoms with van der Waals surface area (Å²) in [7, 11) is 0. The molecule has 1 N–H and O–H groups in total. The smallest absolute Gasteiger partial charge is 0.194 e. The molecule has 0 saturated heterocycles. The topological polar surface area (TPSA) is 29.3 Å². The van der Waals surface area contributed by atoms with Gasteiger partial charge in [-0.3, -0.25) is 4.40 Å². The predicted octanol–water partition coefficient (Wildman–Crippen LogP) is 3.48. The van der Waals surface area contributed by atoms with Crippen LogP contribution in [0, 0.1) is 18.3 Å². The average Bonchev–Trinajstić information content (AvgIpc) is 2.79. The fraction of sp³-hybridized carbons (Fsp3) is 0.643. The number of aromatic nitrogens is 2. The first-order chi connectivity index (χ1) is 8.39. The summed E-state index contributed by atoms with van der Waals surface area (Å²) in [5, 5.41) is 5.65. The van der Waals surface area contributed by atoms with Crippen molar-refractivity contribution in [2.75, 3.05) is 6.54 Å². The van der Waals surface area contributed by atoms with Crippen LogP contribution in [0.4, 0.5) is 0 Å². The molecule has 2 rings (SSSR count). The van der Waals surface area contributed by atoms with Crippen LogP contribution in [0.5, 0.6) is 0 Å². The van der Waals surface area contributed by atoms with Crippen molar-refractivity contribution in [1.82, 2.24) is 14.7 Å². The number of imidazole rings is 1. The molecule has 4 heteroatoms. The number of nitrogens with one attached hydrogen (secondary N) is 1. The third-order valence-electron chi connectivity index (χ3n) is 3.78. The highest BCUT2D eigenvalue weighted by Crippen LogP contribution is 2.24. The van der Waals surface area contributed by atoms with Gasteiger partial charge in [0.05, 0.1) is 11.4 Å². The van der Waals surface area contributed by atoms with Crippen molar-refractivity contribution in [2.45, 2.75) is 41.2 Å². The van der Waals surface area contributed by atoms with Gasteiger partial charge in [-0.1, -0.05) is 27.7 Å². The van der Waals surface area contributed by atoms with Crippen LogP contribution in [0.15, 0.2) is 11.6 Å². The molecule has 2 aromatic rings. The van der Waals surface area contributed by atoms with E-state index in [-0.39, 0.29) is 0 Å². The quantitative estimate of drug-likeness (QED) is 0.917. The molecule has 0 spiro atoms. The first-order valence-electron chi connectivity index (χ1n) is 6.51. The van der Waals surface area contributed by atoms with E-state index >= 15 is 0 Å². The van der Waals surface area contributed by atoms with Gasteiger partial charge in [-0.25, -0.2) is 4.98 Å². The first-order valence-corrected chi connectivity index (χ1v) is 7.39. The maximum atomic E-state index is 4.56. The van der Waals surface area contributed by atoms with Crippen molar-refractivity contribution in [2.24, 2.45) is 11.3 Å². The van der Waals surface area contributed by atoms with E-state index in [1.54, 1.807) is 11.3 Å². The Morgan fingerprint density at radius 2 is 2.17 bits per heavy atom. The van der Waals surface area contributed by atoms with Crippen molar-refractivity contribution in [3.05, 3.63) is 23.0 Å². The van der Waals surface area contributed by atoms with Gasteiger partial charge in [-0.2, -0.15) is 0 Å². The lowest BCUT2D eigenvalue weighted by Gasteiger charge is -2.27. The van der Waals surface area contributed by atoms with Gasteiger partial charge < -0.3 is 5.32 Å². The van der Waals surface area contributed by atoms with Crippen molar-refractivity contribution >= 4 is 16.3 Å². The van der Waals surface area contributed by atoms with Gasteiger partial charge in [0, 0.05) is 18.1 Å². The van der Waals surface area contributed by atoms with Crippen LogP contribution in [-0.4, -0.2) is 15.9 Å². The zero-order chi connectivity index (χ0) is 13.3. The molecule has 0 fully saturated rings. The number of fused-ring (bicyclic) bond motifs is 1. The predicted molar refractivity (Wildman–Crippen MR) is 78.1 cm³/mol. The molecular weight excluding hydrogens is 242 g/mol. The van der Waals surface area contributed by atoms with Crippen LogP contribution in [0.3, 0.4) is 0 Å². The second-order valence-corrected chi connectivity index (χ2v) is 6.97. The summed E-state index contributed by atoms with van der Waals surface area (Å²) in [5.74, 6) is 0.656. The van der Waals surface area contributed by atoms with E-state index in [1.807, 2.05) is 0 Å². The molecule has 0 bridgehead atoms.